The summed E-state index contributed by atoms with van der Waals surface area (Å²) < 4.78 is 6.76. The fourth-order valence-corrected chi connectivity index (χ4v) is 2.32. The summed E-state index contributed by atoms with van der Waals surface area (Å²) in [7, 11) is 0. The maximum absolute atomic E-state index is 12.2. The minimum absolute atomic E-state index is 0.0944. The van der Waals surface area contributed by atoms with Crippen LogP contribution in [0.5, 0.6) is 0 Å². The molecule has 1 aromatic carbocycles. The summed E-state index contributed by atoms with van der Waals surface area (Å²) in [6.45, 7) is 0.993. The number of aromatic nitrogens is 2. The van der Waals surface area contributed by atoms with Gasteiger partial charge in [-0.05, 0) is 18.2 Å². The average Bonchev–Trinajstić information content (AvgIpc) is 2.71. The molecule has 2 heterocycles. The average molecular weight is 285 g/mol. The van der Waals surface area contributed by atoms with Crippen molar-refractivity contribution in [1.82, 2.24) is 9.78 Å². The summed E-state index contributed by atoms with van der Waals surface area (Å²) in [5.74, 6) is 0. The Balaban J connectivity index is 2.14. The van der Waals surface area contributed by atoms with Crippen LogP contribution in [-0.2, 0) is 17.8 Å². The van der Waals surface area contributed by atoms with E-state index in [4.69, 9.17) is 27.9 Å². The highest BCUT2D eigenvalue weighted by molar-refractivity contribution is 6.42. The molecule has 0 atom stereocenters. The van der Waals surface area contributed by atoms with Gasteiger partial charge in [0.15, 0.2) is 0 Å². The summed E-state index contributed by atoms with van der Waals surface area (Å²) >= 11 is 11.8. The van der Waals surface area contributed by atoms with Gasteiger partial charge in [-0.2, -0.15) is 0 Å². The first kappa shape index (κ1) is 11.8. The zero-order valence-electron chi connectivity index (χ0n) is 9.37. The molecule has 0 amide bonds. The van der Waals surface area contributed by atoms with E-state index >= 15 is 0 Å². The first-order chi connectivity index (χ1) is 8.66. The van der Waals surface area contributed by atoms with Crippen molar-refractivity contribution in [3.63, 3.8) is 0 Å². The van der Waals surface area contributed by atoms with Crippen LogP contribution in [-0.4, -0.2) is 16.4 Å². The van der Waals surface area contributed by atoms with Crippen LogP contribution in [0.3, 0.4) is 0 Å². The SMILES string of the molecule is O=c1c2c([nH]n1-c1ccc(Cl)c(Cl)c1)CCOC2. The van der Waals surface area contributed by atoms with Gasteiger partial charge < -0.3 is 4.74 Å². The van der Waals surface area contributed by atoms with Gasteiger partial charge in [-0.1, -0.05) is 23.2 Å². The summed E-state index contributed by atoms with van der Waals surface area (Å²) in [5, 5.41) is 3.97. The van der Waals surface area contributed by atoms with Crippen LogP contribution in [0, 0.1) is 0 Å². The third kappa shape index (κ3) is 1.86. The van der Waals surface area contributed by atoms with Crippen LogP contribution in [0.1, 0.15) is 11.3 Å². The van der Waals surface area contributed by atoms with Gasteiger partial charge in [-0.25, -0.2) is 4.68 Å². The highest BCUT2D eigenvalue weighted by Crippen LogP contribution is 2.24. The summed E-state index contributed by atoms with van der Waals surface area (Å²) in [4.78, 5) is 12.2. The van der Waals surface area contributed by atoms with Gasteiger partial charge in [0, 0.05) is 12.1 Å². The first-order valence-electron chi connectivity index (χ1n) is 5.53. The second-order valence-electron chi connectivity index (χ2n) is 4.11. The van der Waals surface area contributed by atoms with Gasteiger partial charge >= 0.3 is 0 Å². The fourth-order valence-electron chi connectivity index (χ4n) is 2.03. The van der Waals surface area contributed by atoms with Crippen LogP contribution in [0.2, 0.25) is 10.0 Å². The lowest BCUT2D eigenvalue weighted by atomic mass is 10.2. The number of halogens is 2. The Kier molecular flexibility index (Phi) is 2.93. The number of hydrogen-bond acceptors (Lipinski definition) is 2. The molecule has 0 unspecified atom stereocenters. The van der Waals surface area contributed by atoms with Crippen LogP contribution in [0.4, 0.5) is 0 Å². The number of hydrogen-bond donors (Lipinski definition) is 1. The van der Waals surface area contributed by atoms with Crippen LogP contribution in [0.15, 0.2) is 23.0 Å². The van der Waals surface area contributed by atoms with Crippen LogP contribution in [0.25, 0.3) is 5.69 Å². The smallest absolute Gasteiger partial charge is 0.277 e. The molecule has 0 fully saturated rings. The number of H-pyrrole nitrogens is 1. The number of ether oxygens (including phenoxy) is 1. The molecule has 0 aliphatic carbocycles. The standard InChI is InChI=1S/C12H10Cl2N2O2/c13-9-2-1-7(5-10(9)14)16-12(17)8-6-18-4-3-11(8)15-16/h1-2,5,15H,3-4,6H2. The Morgan fingerprint density at radius 3 is 2.83 bits per heavy atom. The zero-order valence-corrected chi connectivity index (χ0v) is 10.9. The van der Waals surface area contributed by atoms with Crippen molar-refractivity contribution in [2.75, 3.05) is 6.61 Å². The van der Waals surface area contributed by atoms with E-state index in [1.54, 1.807) is 18.2 Å². The van der Waals surface area contributed by atoms with Gasteiger partial charge in [-0.15, -0.1) is 0 Å². The summed E-state index contributed by atoms with van der Waals surface area (Å²) in [6.07, 6.45) is 0.721. The molecule has 1 aliphatic rings. The maximum Gasteiger partial charge on any atom is 0.277 e. The Labute approximate surface area is 113 Å². The van der Waals surface area contributed by atoms with E-state index in [9.17, 15) is 4.79 Å². The van der Waals surface area contributed by atoms with E-state index in [1.165, 1.54) is 4.68 Å². The van der Waals surface area contributed by atoms with E-state index in [0.29, 0.717) is 34.5 Å². The highest BCUT2D eigenvalue weighted by atomic mass is 35.5. The van der Waals surface area contributed by atoms with Crippen molar-refractivity contribution in [1.29, 1.82) is 0 Å². The second kappa shape index (κ2) is 4.46. The number of nitrogens with zero attached hydrogens (tertiary/aromatic N) is 1. The molecule has 1 N–H and O–H groups in total. The third-order valence-electron chi connectivity index (χ3n) is 2.98. The van der Waals surface area contributed by atoms with Crippen molar-refractivity contribution in [2.45, 2.75) is 13.0 Å². The van der Waals surface area contributed by atoms with Crippen LogP contribution < -0.4 is 5.56 Å². The van der Waals surface area contributed by atoms with E-state index in [-0.39, 0.29) is 5.56 Å². The zero-order chi connectivity index (χ0) is 12.7. The van der Waals surface area contributed by atoms with Crippen LogP contribution >= 0.6 is 23.2 Å². The molecule has 0 spiro atoms. The molecule has 0 saturated carbocycles. The quantitative estimate of drug-likeness (QED) is 0.875. The Bertz CT molecular complexity index is 661. The van der Waals surface area contributed by atoms with Gasteiger partial charge in [-0.3, -0.25) is 9.89 Å². The predicted octanol–water partition coefficient (Wildman–Crippen LogP) is 2.55. The van der Waals surface area contributed by atoms with Crippen molar-refractivity contribution in [3.05, 3.63) is 49.9 Å². The number of aromatic amines is 1. The largest absolute Gasteiger partial charge is 0.376 e. The Morgan fingerprint density at radius 2 is 2.11 bits per heavy atom. The van der Waals surface area contributed by atoms with Gasteiger partial charge in [0.2, 0.25) is 0 Å². The fraction of sp³-hybridized carbons (Fsp3) is 0.250. The Hall–Kier alpha value is -1.23. The van der Waals surface area contributed by atoms with Crippen molar-refractivity contribution >= 4 is 23.2 Å². The van der Waals surface area contributed by atoms with Gasteiger partial charge in [0.1, 0.15) is 0 Å². The molecular formula is C12H10Cl2N2O2. The van der Waals surface area contributed by atoms with Gasteiger partial charge in [0.25, 0.3) is 5.56 Å². The number of rotatable bonds is 1. The molecule has 94 valence electrons. The van der Waals surface area contributed by atoms with E-state index in [2.05, 4.69) is 5.10 Å². The Morgan fingerprint density at radius 1 is 1.28 bits per heavy atom. The number of benzene rings is 1. The van der Waals surface area contributed by atoms with Crippen molar-refractivity contribution < 1.29 is 4.74 Å². The van der Waals surface area contributed by atoms with E-state index in [0.717, 1.165) is 12.1 Å². The first-order valence-corrected chi connectivity index (χ1v) is 6.28. The minimum Gasteiger partial charge on any atom is -0.376 e. The molecule has 6 heteroatoms. The highest BCUT2D eigenvalue weighted by Gasteiger charge is 2.18. The van der Waals surface area contributed by atoms with E-state index in [1.807, 2.05) is 0 Å². The lowest BCUT2D eigenvalue weighted by molar-refractivity contribution is 0.109. The van der Waals surface area contributed by atoms with Crippen molar-refractivity contribution in [2.24, 2.45) is 0 Å². The second-order valence-corrected chi connectivity index (χ2v) is 4.92. The van der Waals surface area contributed by atoms with Gasteiger partial charge in [0.05, 0.1) is 34.5 Å². The molecule has 0 radical (unpaired) electrons. The number of nitrogens with one attached hydrogen (secondary N) is 1. The lowest BCUT2D eigenvalue weighted by Crippen LogP contribution is -2.19. The van der Waals surface area contributed by atoms with Crippen molar-refractivity contribution in [3.8, 4) is 5.69 Å². The minimum atomic E-state index is -0.0944. The molecular weight excluding hydrogens is 275 g/mol. The maximum atomic E-state index is 12.2. The number of fused-ring (bicyclic) bond motifs is 1. The molecule has 1 aromatic heterocycles. The topological polar surface area (TPSA) is 47.0 Å². The molecule has 3 rings (SSSR count). The molecule has 4 nitrogen and oxygen atoms in total. The predicted molar refractivity (Wildman–Crippen MR) is 69.8 cm³/mol. The molecule has 0 saturated heterocycles. The molecule has 18 heavy (non-hydrogen) atoms. The normalized spacial score (nSPS) is 14.6. The monoisotopic (exact) mass is 284 g/mol. The summed E-state index contributed by atoms with van der Waals surface area (Å²) in [5.41, 5.74) is 2.19. The molecule has 0 bridgehead atoms. The lowest BCUT2D eigenvalue weighted by Gasteiger charge is -2.08. The summed E-state index contributed by atoms with van der Waals surface area (Å²) in [6, 6.07) is 5.08. The van der Waals surface area contributed by atoms with E-state index < -0.39 is 0 Å². The molecule has 1 aliphatic heterocycles. The third-order valence-corrected chi connectivity index (χ3v) is 3.72. The molecule has 2 aromatic rings.